The number of aromatic nitrogens is 4. The Morgan fingerprint density at radius 3 is 2.38 bits per heavy atom. The molecule has 0 bridgehead atoms. The van der Waals surface area contributed by atoms with E-state index in [1.165, 1.54) is 11.6 Å². The molecule has 166 valence electrons. The molecular weight excluding hydrogens is 445 g/mol. The van der Waals surface area contributed by atoms with Crippen molar-refractivity contribution in [2.45, 2.75) is 26.6 Å². The SMILES string of the molecule is CCOc1ccc(-c2c3nc(C)n(CC(F)(F)F)c(=O)c3nn2-c2ccccc2Cl)cc1. The largest absolute Gasteiger partial charge is 0.494 e. The summed E-state index contributed by atoms with van der Waals surface area (Å²) in [5.41, 5.74) is 0.697. The van der Waals surface area contributed by atoms with E-state index in [1.54, 1.807) is 48.5 Å². The standard InChI is InChI=1S/C22H18ClF3N4O2/c1-3-32-15-10-8-14(9-11-15)20-18-19(28-30(20)17-7-5-4-6-16(17)23)21(31)29(13(2)27-18)12-22(24,25)26/h4-11H,3,12H2,1-2H3. The number of rotatable bonds is 5. The quantitative estimate of drug-likeness (QED) is 0.410. The molecule has 2 aromatic heterocycles. The molecule has 10 heteroatoms. The molecule has 4 aromatic rings. The smallest absolute Gasteiger partial charge is 0.406 e. The van der Waals surface area contributed by atoms with Crippen molar-refractivity contribution >= 4 is 22.6 Å². The van der Waals surface area contributed by atoms with Gasteiger partial charge in [0.05, 0.1) is 17.3 Å². The van der Waals surface area contributed by atoms with Crippen LogP contribution < -0.4 is 10.3 Å². The molecule has 0 unspecified atom stereocenters. The van der Waals surface area contributed by atoms with Crippen molar-refractivity contribution in [3.05, 3.63) is 69.7 Å². The molecule has 0 aliphatic heterocycles. The fourth-order valence-corrected chi connectivity index (χ4v) is 3.67. The van der Waals surface area contributed by atoms with E-state index in [9.17, 15) is 18.0 Å². The lowest BCUT2D eigenvalue weighted by Gasteiger charge is -2.12. The number of benzene rings is 2. The van der Waals surface area contributed by atoms with Crippen molar-refractivity contribution in [2.24, 2.45) is 0 Å². The lowest BCUT2D eigenvalue weighted by Crippen LogP contribution is -2.30. The first kappa shape index (κ1) is 21.9. The van der Waals surface area contributed by atoms with E-state index in [1.807, 2.05) is 6.92 Å². The average Bonchev–Trinajstić information content (AvgIpc) is 3.11. The zero-order valence-corrected chi connectivity index (χ0v) is 17.9. The molecule has 0 aliphatic rings. The molecule has 0 aliphatic carbocycles. The highest BCUT2D eigenvalue weighted by Crippen LogP contribution is 2.32. The van der Waals surface area contributed by atoms with Gasteiger partial charge in [0, 0.05) is 5.56 Å². The van der Waals surface area contributed by atoms with Crippen molar-refractivity contribution in [3.63, 3.8) is 0 Å². The predicted molar refractivity (Wildman–Crippen MR) is 116 cm³/mol. The third kappa shape index (κ3) is 4.08. The molecule has 0 N–H and O–H groups in total. The lowest BCUT2D eigenvalue weighted by molar-refractivity contribution is -0.141. The average molecular weight is 463 g/mol. The van der Waals surface area contributed by atoms with Crippen LogP contribution in [0.3, 0.4) is 0 Å². The van der Waals surface area contributed by atoms with Gasteiger partial charge in [0.1, 0.15) is 29.3 Å². The van der Waals surface area contributed by atoms with Crippen LogP contribution in [0.1, 0.15) is 12.7 Å². The zero-order valence-electron chi connectivity index (χ0n) is 17.2. The number of aryl methyl sites for hydroxylation is 1. The maximum Gasteiger partial charge on any atom is 0.406 e. The molecule has 0 radical (unpaired) electrons. The summed E-state index contributed by atoms with van der Waals surface area (Å²) in [4.78, 5) is 17.3. The normalized spacial score (nSPS) is 11.8. The number of hydrogen-bond acceptors (Lipinski definition) is 4. The summed E-state index contributed by atoms with van der Waals surface area (Å²) >= 11 is 6.37. The molecule has 0 atom stereocenters. The van der Waals surface area contributed by atoms with Crippen LogP contribution in [0.5, 0.6) is 5.75 Å². The van der Waals surface area contributed by atoms with Crippen LogP contribution in [0.4, 0.5) is 13.2 Å². The Morgan fingerprint density at radius 1 is 1.06 bits per heavy atom. The summed E-state index contributed by atoms with van der Waals surface area (Å²) in [5, 5.41) is 4.71. The van der Waals surface area contributed by atoms with Gasteiger partial charge in [0.25, 0.3) is 5.56 Å². The minimum Gasteiger partial charge on any atom is -0.494 e. The molecule has 6 nitrogen and oxygen atoms in total. The Labute approximate surface area is 185 Å². The van der Waals surface area contributed by atoms with Gasteiger partial charge < -0.3 is 4.74 Å². The van der Waals surface area contributed by atoms with E-state index in [-0.39, 0.29) is 16.9 Å². The highest BCUT2D eigenvalue weighted by molar-refractivity contribution is 6.32. The fourth-order valence-electron chi connectivity index (χ4n) is 3.45. The van der Waals surface area contributed by atoms with Gasteiger partial charge in [0.2, 0.25) is 0 Å². The highest BCUT2D eigenvalue weighted by atomic mass is 35.5. The first-order valence-electron chi connectivity index (χ1n) is 9.74. The number of hydrogen-bond donors (Lipinski definition) is 0. The third-order valence-corrected chi connectivity index (χ3v) is 5.15. The number of ether oxygens (including phenoxy) is 1. The van der Waals surface area contributed by atoms with Gasteiger partial charge in [0.15, 0.2) is 5.52 Å². The van der Waals surface area contributed by atoms with Gasteiger partial charge in [-0.3, -0.25) is 9.36 Å². The summed E-state index contributed by atoms with van der Waals surface area (Å²) in [6.07, 6.45) is -4.58. The van der Waals surface area contributed by atoms with Crippen LogP contribution in [0, 0.1) is 6.92 Å². The van der Waals surface area contributed by atoms with E-state index in [0.717, 1.165) is 0 Å². The van der Waals surface area contributed by atoms with Gasteiger partial charge in [-0.25, -0.2) is 9.67 Å². The second-order valence-corrected chi connectivity index (χ2v) is 7.44. The van der Waals surface area contributed by atoms with Crippen LogP contribution in [-0.4, -0.2) is 32.1 Å². The van der Waals surface area contributed by atoms with Gasteiger partial charge in [-0.1, -0.05) is 23.7 Å². The highest BCUT2D eigenvalue weighted by Gasteiger charge is 2.31. The summed E-state index contributed by atoms with van der Waals surface area (Å²) < 4.78 is 46.6. The Hall–Kier alpha value is -3.33. The first-order valence-corrected chi connectivity index (χ1v) is 10.1. The Bertz CT molecular complexity index is 1340. The molecule has 4 rings (SSSR count). The van der Waals surface area contributed by atoms with Crippen molar-refractivity contribution < 1.29 is 17.9 Å². The third-order valence-electron chi connectivity index (χ3n) is 4.83. The van der Waals surface area contributed by atoms with E-state index in [4.69, 9.17) is 16.3 Å². The maximum atomic E-state index is 13.0. The van der Waals surface area contributed by atoms with Crippen molar-refractivity contribution in [1.82, 2.24) is 19.3 Å². The van der Waals surface area contributed by atoms with Crippen LogP contribution in [0.2, 0.25) is 5.02 Å². The molecule has 0 amide bonds. The van der Waals surface area contributed by atoms with Crippen LogP contribution >= 0.6 is 11.6 Å². The lowest BCUT2D eigenvalue weighted by atomic mass is 10.1. The minimum atomic E-state index is -4.58. The predicted octanol–water partition coefficient (Wildman–Crippen LogP) is 5.17. The molecular formula is C22H18ClF3N4O2. The topological polar surface area (TPSA) is 61.9 Å². The Balaban J connectivity index is 2.02. The number of alkyl halides is 3. The monoisotopic (exact) mass is 462 g/mol. The Kier molecular flexibility index (Phi) is 5.68. The van der Waals surface area contributed by atoms with Gasteiger partial charge in [-0.05, 0) is 50.2 Å². The van der Waals surface area contributed by atoms with E-state index >= 15 is 0 Å². The van der Waals surface area contributed by atoms with E-state index < -0.39 is 18.3 Å². The van der Waals surface area contributed by atoms with E-state index in [0.29, 0.717) is 38.9 Å². The second-order valence-electron chi connectivity index (χ2n) is 7.03. The summed E-state index contributed by atoms with van der Waals surface area (Å²) in [5.74, 6) is 0.590. The van der Waals surface area contributed by atoms with Crippen LogP contribution in [0.15, 0.2) is 53.3 Å². The molecule has 0 spiro atoms. The fraction of sp³-hybridized carbons (Fsp3) is 0.227. The number of fused-ring (bicyclic) bond motifs is 1. The van der Waals surface area contributed by atoms with Crippen molar-refractivity contribution in [2.75, 3.05) is 6.61 Å². The number of para-hydroxylation sites is 1. The molecule has 0 fully saturated rings. The number of halogens is 4. The Morgan fingerprint density at radius 2 is 1.75 bits per heavy atom. The molecule has 32 heavy (non-hydrogen) atoms. The van der Waals surface area contributed by atoms with Gasteiger partial charge in [-0.2, -0.15) is 18.3 Å². The first-order chi connectivity index (χ1) is 15.2. The van der Waals surface area contributed by atoms with Crippen LogP contribution in [0.25, 0.3) is 28.0 Å². The van der Waals surface area contributed by atoms with Crippen molar-refractivity contribution in [1.29, 1.82) is 0 Å². The van der Waals surface area contributed by atoms with Crippen LogP contribution in [-0.2, 0) is 6.54 Å². The number of nitrogens with zero attached hydrogens (tertiary/aromatic N) is 4. The summed E-state index contributed by atoms with van der Waals surface area (Å²) in [7, 11) is 0. The zero-order chi connectivity index (χ0) is 23.0. The molecule has 2 heterocycles. The molecule has 0 saturated heterocycles. The minimum absolute atomic E-state index is 0.0641. The maximum absolute atomic E-state index is 13.0. The van der Waals surface area contributed by atoms with Crippen molar-refractivity contribution in [3.8, 4) is 22.7 Å². The molecule has 0 saturated carbocycles. The van der Waals surface area contributed by atoms with Gasteiger partial charge >= 0.3 is 6.18 Å². The molecule has 2 aromatic carbocycles. The van der Waals surface area contributed by atoms with Gasteiger partial charge in [-0.15, -0.1) is 0 Å². The second kappa shape index (κ2) is 8.31. The summed E-state index contributed by atoms with van der Waals surface area (Å²) in [6.45, 7) is 2.28. The van der Waals surface area contributed by atoms with E-state index in [2.05, 4.69) is 10.1 Å². The summed E-state index contributed by atoms with van der Waals surface area (Å²) in [6, 6.07) is 13.9.